The van der Waals surface area contributed by atoms with Crippen LogP contribution in [-0.2, 0) is 6.54 Å². The lowest BCUT2D eigenvalue weighted by molar-refractivity contribution is 0.0945. The summed E-state index contributed by atoms with van der Waals surface area (Å²) in [6, 6.07) is 18.1. The number of rotatable bonds is 7. The lowest BCUT2D eigenvalue weighted by atomic mass is 10.1. The highest BCUT2D eigenvalue weighted by Crippen LogP contribution is 2.18. The van der Waals surface area contributed by atoms with Crippen LogP contribution in [0.4, 0.5) is 11.4 Å². The molecule has 0 saturated carbocycles. The van der Waals surface area contributed by atoms with Gasteiger partial charge in [-0.2, -0.15) is 0 Å². The number of benzene rings is 2. The van der Waals surface area contributed by atoms with E-state index in [2.05, 4.69) is 15.6 Å². The van der Waals surface area contributed by atoms with Gasteiger partial charge in [-0.05, 0) is 48.9 Å². The smallest absolute Gasteiger partial charge is 0.270 e. The third kappa shape index (κ3) is 4.94. The van der Waals surface area contributed by atoms with Gasteiger partial charge in [-0.3, -0.25) is 14.6 Å². The molecule has 0 aliphatic carbocycles. The van der Waals surface area contributed by atoms with Crippen molar-refractivity contribution in [2.75, 3.05) is 12.4 Å². The fraction of sp³-hybridized carbons (Fsp3) is 0.136. The first-order valence-corrected chi connectivity index (χ1v) is 8.80. The molecule has 3 rings (SSSR count). The number of amides is 1. The Balaban J connectivity index is 1.65. The van der Waals surface area contributed by atoms with Gasteiger partial charge in [0.05, 0.1) is 7.11 Å². The van der Waals surface area contributed by atoms with Gasteiger partial charge in [0.25, 0.3) is 5.91 Å². The van der Waals surface area contributed by atoms with Gasteiger partial charge in [-0.15, -0.1) is 0 Å². The third-order valence-corrected chi connectivity index (χ3v) is 4.16. The molecule has 0 bridgehead atoms. The minimum absolute atomic E-state index is 0.00280. The number of carbonyl (C=O) groups excluding carboxylic acids is 2. The topological polar surface area (TPSA) is 80.3 Å². The third-order valence-electron chi connectivity index (χ3n) is 4.16. The average molecular weight is 375 g/mol. The number of hydrogen-bond acceptors (Lipinski definition) is 5. The molecule has 0 saturated heterocycles. The van der Waals surface area contributed by atoms with E-state index < -0.39 is 0 Å². The number of ether oxygens (including phenoxy) is 1. The predicted molar refractivity (Wildman–Crippen MR) is 108 cm³/mol. The lowest BCUT2D eigenvalue weighted by Crippen LogP contribution is -2.23. The second kappa shape index (κ2) is 8.81. The summed E-state index contributed by atoms with van der Waals surface area (Å²) in [6.07, 6.45) is 1.57. The molecule has 142 valence electrons. The number of ketones is 1. The van der Waals surface area contributed by atoms with Gasteiger partial charge in [0.2, 0.25) is 0 Å². The van der Waals surface area contributed by atoms with E-state index in [4.69, 9.17) is 4.74 Å². The number of aromatic nitrogens is 1. The standard InChI is InChI=1S/C22H21N3O3/c1-15(26)17-4-3-5-18(12-17)25-19-10-11-23-21(13-19)22(27)24-14-16-6-8-20(28-2)9-7-16/h3-13H,14H2,1-2H3,(H,23,25)(H,24,27). The zero-order valence-corrected chi connectivity index (χ0v) is 15.7. The number of Topliss-reactive ketones (excluding diaryl/α,β-unsaturated/α-hetero) is 1. The molecule has 0 fully saturated rings. The van der Waals surface area contributed by atoms with Crippen LogP contribution in [0.15, 0.2) is 66.9 Å². The summed E-state index contributed by atoms with van der Waals surface area (Å²) < 4.78 is 5.12. The van der Waals surface area contributed by atoms with Crippen molar-refractivity contribution in [3.8, 4) is 5.75 Å². The Bertz CT molecular complexity index is 984. The average Bonchev–Trinajstić information content (AvgIpc) is 2.72. The second-order valence-electron chi connectivity index (χ2n) is 6.22. The summed E-state index contributed by atoms with van der Waals surface area (Å²) >= 11 is 0. The molecule has 0 spiro atoms. The second-order valence-corrected chi connectivity index (χ2v) is 6.22. The van der Waals surface area contributed by atoms with Crippen molar-refractivity contribution in [3.05, 3.63) is 83.7 Å². The molecule has 0 aliphatic rings. The van der Waals surface area contributed by atoms with Crippen molar-refractivity contribution < 1.29 is 14.3 Å². The van der Waals surface area contributed by atoms with Crippen LogP contribution < -0.4 is 15.4 Å². The monoisotopic (exact) mass is 375 g/mol. The molecular weight excluding hydrogens is 354 g/mol. The van der Waals surface area contributed by atoms with E-state index >= 15 is 0 Å². The molecular formula is C22H21N3O3. The van der Waals surface area contributed by atoms with Gasteiger partial charge >= 0.3 is 0 Å². The number of methoxy groups -OCH3 is 1. The number of carbonyl (C=O) groups is 2. The van der Waals surface area contributed by atoms with Crippen LogP contribution in [0.25, 0.3) is 0 Å². The molecule has 1 amide bonds. The van der Waals surface area contributed by atoms with Crippen molar-refractivity contribution in [1.29, 1.82) is 0 Å². The van der Waals surface area contributed by atoms with Crippen molar-refractivity contribution in [2.45, 2.75) is 13.5 Å². The highest BCUT2D eigenvalue weighted by Gasteiger charge is 2.09. The summed E-state index contributed by atoms with van der Waals surface area (Å²) in [5.41, 5.74) is 3.37. The number of anilines is 2. The Morgan fingerprint density at radius 3 is 2.46 bits per heavy atom. The van der Waals surface area contributed by atoms with Crippen LogP contribution in [-0.4, -0.2) is 23.8 Å². The predicted octanol–water partition coefficient (Wildman–Crippen LogP) is 3.97. The first-order valence-electron chi connectivity index (χ1n) is 8.80. The van der Waals surface area contributed by atoms with E-state index in [9.17, 15) is 9.59 Å². The molecule has 0 unspecified atom stereocenters. The Labute approximate surface area is 163 Å². The van der Waals surface area contributed by atoms with E-state index in [1.54, 1.807) is 37.6 Å². The Morgan fingerprint density at radius 2 is 1.75 bits per heavy atom. The van der Waals surface area contributed by atoms with E-state index in [1.165, 1.54) is 6.92 Å². The first-order chi connectivity index (χ1) is 13.5. The van der Waals surface area contributed by atoms with Crippen molar-refractivity contribution in [2.24, 2.45) is 0 Å². The summed E-state index contributed by atoms with van der Waals surface area (Å²) in [4.78, 5) is 28.1. The quantitative estimate of drug-likeness (QED) is 0.611. The molecule has 3 aromatic rings. The molecule has 0 atom stereocenters. The van der Waals surface area contributed by atoms with Gasteiger partial charge in [-0.1, -0.05) is 24.3 Å². The Hall–Kier alpha value is -3.67. The summed E-state index contributed by atoms with van der Waals surface area (Å²) in [5, 5.41) is 6.05. The number of pyridine rings is 1. The molecule has 28 heavy (non-hydrogen) atoms. The summed E-state index contributed by atoms with van der Waals surface area (Å²) in [6.45, 7) is 1.92. The lowest BCUT2D eigenvalue weighted by Gasteiger charge is -2.10. The maximum Gasteiger partial charge on any atom is 0.270 e. The van der Waals surface area contributed by atoms with Gasteiger partial charge < -0.3 is 15.4 Å². The van der Waals surface area contributed by atoms with Crippen LogP contribution in [0.3, 0.4) is 0 Å². The van der Waals surface area contributed by atoms with Crippen LogP contribution >= 0.6 is 0 Å². The number of nitrogens with zero attached hydrogens (tertiary/aromatic N) is 1. The van der Waals surface area contributed by atoms with Crippen molar-refractivity contribution in [1.82, 2.24) is 10.3 Å². The fourth-order valence-electron chi connectivity index (χ4n) is 2.63. The molecule has 6 heteroatoms. The number of nitrogens with one attached hydrogen (secondary N) is 2. The van der Waals surface area contributed by atoms with E-state index in [0.717, 1.165) is 17.0 Å². The minimum Gasteiger partial charge on any atom is -0.497 e. The molecule has 1 aromatic heterocycles. The molecule has 1 heterocycles. The zero-order valence-electron chi connectivity index (χ0n) is 15.7. The van der Waals surface area contributed by atoms with Gasteiger partial charge in [0.1, 0.15) is 11.4 Å². The SMILES string of the molecule is COc1ccc(CNC(=O)c2cc(Nc3cccc(C(C)=O)c3)ccn2)cc1. The van der Waals surface area contributed by atoms with Crippen LogP contribution in [0.1, 0.15) is 33.3 Å². The molecule has 0 aliphatic heterocycles. The molecule has 0 radical (unpaired) electrons. The van der Waals surface area contributed by atoms with E-state index in [-0.39, 0.29) is 11.7 Å². The maximum atomic E-state index is 12.4. The van der Waals surface area contributed by atoms with E-state index in [1.807, 2.05) is 36.4 Å². The first kappa shape index (κ1) is 19.1. The summed E-state index contributed by atoms with van der Waals surface area (Å²) in [5.74, 6) is 0.498. The number of hydrogen-bond donors (Lipinski definition) is 2. The minimum atomic E-state index is -0.267. The van der Waals surface area contributed by atoms with Crippen LogP contribution in [0.2, 0.25) is 0 Å². The molecule has 2 N–H and O–H groups in total. The van der Waals surface area contributed by atoms with Gasteiger partial charge in [0.15, 0.2) is 5.78 Å². The highest BCUT2D eigenvalue weighted by atomic mass is 16.5. The maximum absolute atomic E-state index is 12.4. The van der Waals surface area contributed by atoms with Crippen LogP contribution in [0.5, 0.6) is 5.75 Å². The Kier molecular flexibility index (Phi) is 6.01. The Morgan fingerprint density at radius 1 is 1.00 bits per heavy atom. The van der Waals surface area contributed by atoms with Gasteiger partial charge in [-0.25, -0.2) is 0 Å². The van der Waals surface area contributed by atoms with Crippen LogP contribution in [0, 0.1) is 0 Å². The van der Waals surface area contributed by atoms with E-state index in [0.29, 0.717) is 23.5 Å². The van der Waals surface area contributed by atoms with Crippen molar-refractivity contribution in [3.63, 3.8) is 0 Å². The normalized spacial score (nSPS) is 10.2. The zero-order chi connectivity index (χ0) is 19.9. The molecule has 2 aromatic carbocycles. The largest absolute Gasteiger partial charge is 0.497 e. The highest BCUT2D eigenvalue weighted by molar-refractivity contribution is 5.95. The van der Waals surface area contributed by atoms with Crippen molar-refractivity contribution >= 4 is 23.1 Å². The fourth-order valence-corrected chi connectivity index (χ4v) is 2.63. The summed E-state index contributed by atoms with van der Waals surface area (Å²) in [7, 11) is 1.61. The van der Waals surface area contributed by atoms with Gasteiger partial charge in [0, 0.05) is 29.7 Å². The molecule has 6 nitrogen and oxygen atoms in total.